The van der Waals surface area contributed by atoms with E-state index in [4.69, 9.17) is 18.4 Å². The van der Waals surface area contributed by atoms with Gasteiger partial charge >= 0.3 is 10.1 Å². The van der Waals surface area contributed by atoms with Crippen LogP contribution >= 0.6 is 0 Å². The highest BCUT2D eigenvalue weighted by atomic mass is 32.2. The summed E-state index contributed by atoms with van der Waals surface area (Å²) in [7, 11) is -2.21. The second-order valence-electron chi connectivity index (χ2n) is 6.85. The number of nitrogens with zero attached hydrogens (tertiary/aromatic N) is 1. The van der Waals surface area contributed by atoms with Crippen LogP contribution in [-0.4, -0.2) is 28.6 Å². The van der Waals surface area contributed by atoms with E-state index in [-0.39, 0.29) is 12.5 Å². The highest BCUT2D eigenvalue weighted by Gasteiger charge is 2.29. The monoisotopic (exact) mass is 400 g/mol. The number of hydrogen-bond acceptors (Lipinski definition) is 6. The van der Waals surface area contributed by atoms with Crippen molar-refractivity contribution in [3.63, 3.8) is 0 Å². The molecule has 0 N–H and O–H groups in total. The van der Waals surface area contributed by atoms with Crippen molar-refractivity contribution in [3.05, 3.63) is 42.1 Å². The summed E-state index contributed by atoms with van der Waals surface area (Å²) in [5.41, 5.74) is 3.31. The van der Waals surface area contributed by atoms with Crippen LogP contribution in [0.4, 0.5) is 0 Å². The van der Waals surface area contributed by atoms with Crippen LogP contribution in [0.3, 0.4) is 0 Å². The third-order valence-electron chi connectivity index (χ3n) is 5.03. The Morgan fingerprint density at radius 3 is 2.64 bits per heavy atom. The van der Waals surface area contributed by atoms with Crippen molar-refractivity contribution in [2.24, 2.45) is 0 Å². The summed E-state index contributed by atoms with van der Waals surface area (Å²) in [6, 6.07) is 9.68. The van der Waals surface area contributed by atoms with Crippen LogP contribution in [-0.2, 0) is 23.1 Å². The van der Waals surface area contributed by atoms with Gasteiger partial charge in [0.15, 0.2) is 35.7 Å². The summed E-state index contributed by atoms with van der Waals surface area (Å²) in [5.74, 6) is 2.09. The number of rotatable bonds is 3. The zero-order valence-electron chi connectivity index (χ0n) is 15.4. The van der Waals surface area contributed by atoms with E-state index in [1.165, 1.54) is 12.7 Å². The fraction of sp³-hybridized carbons (Fsp3) is 0.250. The van der Waals surface area contributed by atoms with Gasteiger partial charge in [0.25, 0.3) is 0 Å². The van der Waals surface area contributed by atoms with Crippen molar-refractivity contribution in [1.29, 1.82) is 0 Å². The van der Waals surface area contributed by atoms with E-state index >= 15 is 0 Å². The maximum atomic E-state index is 11.8. The van der Waals surface area contributed by atoms with E-state index in [9.17, 15) is 8.42 Å². The quantitative estimate of drug-likeness (QED) is 0.497. The van der Waals surface area contributed by atoms with E-state index in [0.29, 0.717) is 11.1 Å². The first-order valence-electron chi connectivity index (χ1n) is 8.79. The minimum atomic E-state index is -3.70. The molecule has 7 nitrogen and oxygen atoms in total. The van der Waals surface area contributed by atoms with Crippen molar-refractivity contribution >= 4 is 20.9 Å². The average Bonchev–Trinajstić information content (AvgIpc) is 3.11. The Morgan fingerprint density at radius 2 is 1.89 bits per heavy atom. The van der Waals surface area contributed by atoms with Crippen LogP contribution in [0.5, 0.6) is 23.0 Å². The highest BCUT2D eigenvalue weighted by molar-refractivity contribution is 7.86. The molecule has 144 valence electrons. The van der Waals surface area contributed by atoms with Gasteiger partial charge in [0.1, 0.15) is 0 Å². The minimum absolute atomic E-state index is 0.203. The van der Waals surface area contributed by atoms with Gasteiger partial charge in [-0.25, -0.2) is 0 Å². The molecular weight excluding hydrogens is 382 g/mol. The zero-order valence-corrected chi connectivity index (χ0v) is 16.2. The Hall–Kier alpha value is -3.00. The van der Waals surface area contributed by atoms with Crippen molar-refractivity contribution in [2.75, 3.05) is 20.2 Å². The number of ether oxygens (including phenoxy) is 3. The SMILES string of the molecule is COc1ccc2cc3[n+](cc2c1OS(C)(=O)=O)CCc1cc2c(cc1-3)OCO2. The molecule has 0 spiro atoms. The number of pyridine rings is 1. The van der Waals surface area contributed by atoms with Crippen LogP contribution in [0.2, 0.25) is 0 Å². The normalized spacial score (nSPS) is 14.5. The number of methoxy groups -OCH3 is 1. The molecule has 5 rings (SSSR count). The van der Waals surface area contributed by atoms with E-state index in [0.717, 1.165) is 47.4 Å². The molecule has 0 fully saturated rings. The van der Waals surface area contributed by atoms with Gasteiger partial charge in [-0.15, -0.1) is 0 Å². The summed E-state index contributed by atoms with van der Waals surface area (Å²) in [6.07, 6.45) is 3.78. The van der Waals surface area contributed by atoms with Gasteiger partial charge in [0.2, 0.25) is 12.5 Å². The first-order chi connectivity index (χ1) is 13.4. The predicted molar refractivity (Wildman–Crippen MR) is 101 cm³/mol. The van der Waals surface area contributed by atoms with Crippen LogP contribution in [0.25, 0.3) is 22.0 Å². The Balaban J connectivity index is 1.73. The van der Waals surface area contributed by atoms with Gasteiger partial charge in [0.05, 0.1) is 24.3 Å². The van der Waals surface area contributed by atoms with Gasteiger partial charge in [0, 0.05) is 12.5 Å². The Bertz CT molecular complexity index is 1240. The molecule has 28 heavy (non-hydrogen) atoms. The molecule has 0 aliphatic carbocycles. The van der Waals surface area contributed by atoms with Crippen LogP contribution in [0, 0.1) is 0 Å². The number of aryl methyl sites for hydroxylation is 2. The van der Waals surface area contributed by atoms with Crippen LogP contribution < -0.4 is 23.0 Å². The maximum absolute atomic E-state index is 11.8. The van der Waals surface area contributed by atoms with Gasteiger partial charge in [-0.05, 0) is 35.2 Å². The standard InChI is InChI=1S/C20H18NO6S/c1-24-17-4-3-12-7-16-14-9-19-18(25-11-26-19)8-13(14)5-6-21(16)10-15(12)20(17)27-28(2,22)23/h3-4,7-10H,5-6,11H2,1-2H3/q+1. The van der Waals surface area contributed by atoms with Gasteiger partial charge in [-0.1, -0.05) is 0 Å². The molecule has 0 amide bonds. The molecule has 0 saturated heterocycles. The van der Waals surface area contributed by atoms with E-state index in [1.807, 2.05) is 30.5 Å². The lowest BCUT2D eigenvalue weighted by molar-refractivity contribution is -0.686. The second kappa shape index (κ2) is 6.00. The number of fused-ring (bicyclic) bond motifs is 5. The molecular formula is C20H18NO6S+. The van der Waals surface area contributed by atoms with E-state index in [1.54, 1.807) is 6.07 Å². The topological polar surface area (TPSA) is 74.9 Å². The highest BCUT2D eigenvalue weighted by Crippen LogP contribution is 2.41. The lowest BCUT2D eigenvalue weighted by Crippen LogP contribution is -2.40. The summed E-state index contributed by atoms with van der Waals surface area (Å²) in [5, 5.41) is 1.54. The smallest absolute Gasteiger partial charge is 0.306 e. The van der Waals surface area contributed by atoms with Crippen LogP contribution in [0.1, 0.15) is 5.56 Å². The molecule has 3 aromatic rings. The molecule has 3 heterocycles. The molecule has 0 bridgehead atoms. The van der Waals surface area contributed by atoms with Crippen molar-refractivity contribution in [2.45, 2.75) is 13.0 Å². The molecule has 2 aromatic carbocycles. The predicted octanol–water partition coefficient (Wildman–Crippen LogP) is 2.43. The third kappa shape index (κ3) is 2.72. The third-order valence-corrected chi connectivity index (χ3v) is 5.50. The van der Waals surface area contributed by atoms with Gasteiger partial charge in [-0.3, -0.25) is 0 Å². The lowest BCUT2D eigenvalue weighted by atomic mass is 9.95. The molecule has 2 aliphatic rings. The summed E-state index contributed by atoms with van der Waals surface area (Å²) < 4.78 is 47.2. The zero-order chi connectivity index (χ0) is 19.5. The van der Waals surface area contributed by atoms with Crippen LogP contribution in [0.15, 0.2) is 36.5 Å². The Labute approximate surface area is 162 Å². The molecule has 0 unspecified atom stereocenters. The average molecular weight is 400 g/mol. The number of aromatic nitrogens is 1. The minimum Gasteiger partial charge on any atom is -0.493 e. The van der Waals surface area contributed by atoms with Crippen molar-refractivity contribution in [1.82, 2.24) is 0 Å². The van der Waals surface area contributed by atoms with E-state index < -0.39 is 10.1 Å². The molecule has 0 saturated carbocycles. The molecule has 1 aromatic heterocycles. The summed E-state index contributed by atoms with van der Waals surface area (Å²) in [6.45, 7) is 0.995. The second-order valence-corrected chi connectivity index (χ2v) is 8.43. The summed E-state index contributed by atoms with van der Waals surface area (Å²) in [4.78, 5) is 0. The first kappa shape index (κ1) is 17.1. The van der Waals surface area contributed by atoms with Crippen molar-refractivity contribution < 1.29 is 31.4 Å². The maximum Gasteiger partial charge on any atom is 0.306 e. The van der Waals surface area contributed by atoms with Gasteiger partial charge < -0.3 is 18.4 Å². The fourth-order valence-corrected chi connectivity index (χ4v) is 4.27. The molecule has 0 radical (unpaired) electrons. The van der Waals surface area contributed by atoms with Crippen molar-refractivity contribution in [3.8, 4) is 34.3 Å². The Kier molecular flexibility index (Phi) is 3.67. The molecule has 2 aliphatic heterocycles. The largest absolute Gasteiger partial charge is 0.493 e. The fourth-order valence-electron chi connectivity index (χ4n) is 3.80. The van der Waals surface area contributed by atoms with E-state index in [2.05, 4.69) is 4.57 Å². The lowest BCUT2D eigenvalue weighted by Gasteiger charge is -2.17. The Morgan fingerprint density at radius 1 is 1.11 bits per heavy atom. The number of hydrogen-bond donors (Lipinski definition) is 0. The molecule has 0 atom stereocenters. The molecule has 8 heteroatoms. The first-order valence-corrected chi connectivity index (χ1v) is 10.6. The van der Waals surface area contributed by atoms with Gasteiger partial charge in [-0.2, -0.15) is 13.0 Å². The summed E-state index contributed by atoms with van der Waals surface area (Å²) >= 11 is 0. The number of benzene rings is 2.